The van der Waals surface area contributed by atoms with E-state index in [1.807, 2.05) is 24.3 Å². The van der Waals surface area contributed by atoms with Crippen LogP contribution >= 0.6 is 23.2 Å². The topological polar surface area (TPSA) is 82.2 Å². The van der Waals surface area contributed by atoms with Crippen molar-refractivity contribution in [2.75, 3.05) is 0 Å². The summed E-state index contributed by atoms with van der Waals surface area (Å²) < 4.78 is 0. The molecular weight excluding hydrogens is 363 g/mol. The van der Waals surface area contributed by atoms with Crippen molar-refractivity contribution in [2.45, 2.75) is 12.5 Å². The van der Waals surface area contributed by atoms with E-state index in [0.29, 0.717) is 0 Å². The summed E-state index contributed by atoms with van der Waals surface area (Å²) in [5.74, 6) is -1.71. The van der Waals surface area contributed by atoms with E-state index in [9.17, 15) is 14.7 Å². The molecular formula is C18H14Cl2N2O3. The first-order valence-electron chi connectivity index (χ1n) is 7.50. The highest BCUT2D eigenvalue weighted by atomic mass is 35.5. The summed E-state index contributed by atoms with van der Waals surface area (Å²) in [6.07, 6.45) is 1.89. The number of carboxylic acid groups (broad SMARTS) is 1. The Kier molecular flexibility index (Phi) is 4.97. The molecule has 0 radical (unpaired) electrons. The normalized spacial score (nSPS) is 12.1. The number of aliphatic carboxylic acids is 1. The van der Waals surface area contributed by atoms with Crippen LogP contribution in [0.4, 0.5) is 0 Å². The van der Waals surface area contributed by atoms with Gasteiger partial charge in [0.05, 0.1) is 15.6 Å². The fraction of sp³-hybridized carbons (Fsp3) is 0.111. The smallest absolute Gasteiger partial charge is 0.326 e. The number of amides is 1. The Labute approximate surface area is 153 Å². The van der Waals surface area contributed by atoms with Gasteiger partial charge in [-0.2, -0.15) is 0 Å². The monoisotopic (exact) mass is 376 g/mol. The maximum Gasteiger partial charge on any atom is 0.326 e. The summed E-state index contributed by atoms with van der Waals surface area (Å²) in [5.41, 5.74) is 1.85. The Morgan fingerprint density at radius 3 is 2.64 bits per heavy atom. The van der Waals surface area contributed by atoms with Crippen molar-refractivity contribution in [3.63, 3.8) is 0 Å². The fourth-order valence-corrected chi connectivity index (χ4v) is 3.02. The van der Waals surface area contributed by atoms with Gasteiger partial charge in [0.1, 0.15) is 6.04 Å². The number of carboxylic acids is 1. The third kappa shape index (κ3) is 3.62. The predicted octanol–water partition coefficient (Wildman–Crippen LogP) is 3.90. The Bertz CT molecular complexity index is 952. The first-order valence-corrected chi connectivity index (χ1v) is 8.25. The molecule has 0 saturated heterocycles. The van der Waals surface area contributed by atoms with Gasteiger partial charge in [0.2, 0.25) is 0 Å². The van der Waals surface area contributed by atoms with Crippen molar-refractivity contribution in [3.8, 4) is 0 Å². The lowest BCUT2D eigenvalue weighted by Gasteiger charge is -2.15. The number of aromatic amines is 1. The number of fused-ring (bicyclic) bond motifs is 1. The molecule has 0 saturated carbocycles. The number of H-pyrrole nitrogens is 1. The number of para-hydroxylation sites is 1. The Hall–Kier alpha value is -2.50. The molecule has 0 unspecified atom stereocenters. The van der Waals surface area contributed by atoms with Crippen molar-refractivity contribution in [3.05, 3.63) is 69.8 Å². The van der Waals surface area contributed by atoms with Gasteiger partial charge in [0, 0.05) is 23.5 Å². The van der Waals surface area contributed by atoms with E-state index in [0.717, 1.165) is 16.5 Å². The van der Waals surface area contributed by atoms with E-state index in [2.05, 4.69) is 10.3 Å². The third-order valence-electron chi connectivity index (χ3n) is 3.90. The molecule has 1 atom stereocenters. The maximum atomic E-state index is 12.4. The second-order valence-corrected chi connectivity index (χ2v) is 6.31. The molecule has 128 valence electrons. The Balaban J connectivity index is 1.83. The molecule has 0 bridgehead atoms. The zero-order chi connectivity index (χ0) is 18.0. The number of rotatable bonds is 5. The van der Waals surface area contributed by atoms with Crippen molar-refractivity contribution in [2.24, 2.45) is 0 Å². The molecule has 0 aliphatic carbocycles. The van der Waals surface area contributed by atoms with Gasteiger partial charge >= 0.3 is 5.97 Å². The summed E-state index contributed by atoms with van der Waals surface area (Å²) in [5, 5.41) is 13.2. The number of carbonyl (C=O) groups is 2. The Morgan fingerprint density at radius 1 is 1.12 bits per heavy atom. The van der Waals surface area contributed by atoms with Crippen LogP contribution in [0.3, 0.4) is 0 Å². The van der Waals surface area contributed by atoms with Crippen molar-refractivity contribution < 1.29 is 14.7 Å². The molecule has 0 aliphatic heterocycles. The molecule has 5 nitrogen and oxygen atoms in total. The SMILES string of the molecule is O=C(N[C@@H](Cc1c[nH]c2ccccc12)C(=O)O)c1cccc(Cl)c1Cl. The molecule has 2 aromatic carbocycles. The average Bonchev–Trinajstić information content (AvgIpc) is 2.99. The number of hydrogen-bond acceptors (Lipinski definition) is 2. The van der Waals surface area contributed by atoms with E-state index in [1.165, 1.54) is 6.07 Å². The number of benzene rings is 2. The van der Waals surface area contributed by atoms with Gasteiger partial charge in [-0.1, -0.05) is 47.5 Å². The molecule has 0 aliphatic rings. The number of aromatic nitrogens is 1. The van der Waals surface area contributed by atoms with E-state index in [-0.39, 0.29) is 22.0 Å². The maximum absolute atomic E-state index is 12.4. The standard InChI is InChI=1S/C18H14Cl2N2O3/c19-13-6-3-5-12(16(13)20)17(23)22-15(18(24)25)8-10-9-21-14-7-2-1-4-11(10)14/h1-7,9,15,21H,8H2,(H,22,23)(H,24,25)/t15-/m0/s1. The van der Waals surface area contributed by atoms with Gasteiger partial charge in [-0.15, -0.1) is 0 Å². The molecule has 7 heteroatoms. The molecule has 0 spiro atoms. The van der Waals surface area contributed by atoms with Gasteiger partial charge in [0.15, 0.2) is 0 Å². The number of carbonyl (C=O) groups excluding carboxylic acids is 1. The predicted molar refractivity (Wildman–Crippen MR) is 97.4 cm³/mol. The summed E-state index contributed by atoms with van der Waals surface area (Å²) >= 11 is 11.9. The lowest BCUT2D eigenvalue weighted by Crippen LogP contribution is -2.42. The highest BCUT2D eigenvalue weighted by molar-refractivity contribution is 6.43. The van der Waals surface area contributed by atoms with Crippen LogP contribution in [0.1, 0.15) is 15.9 Å². The summed E-state index contributed by atoms with van der Waals surface area (Å²) in [7, 11) is 0. The molecule has 3 N–H and O–H groups in total. The van der Waals surface area contributed by atoms with Crippen molar-refractivity contribution in [1.29, 1.82) is 0 Å². The first-order chi connectivity index (χ1) is 12.0. The van der Waals surface area contributed by atoms with Crippen LogP contribution in [0.15, 0.2) is 48.7 Å². The minimum atomic E-state index is -1.13. The van der Waals surface area contributed by atoms with Gasteiger partial charge < -0.3 is 15.4 Å². The van der Waals surface area contributed by atoms with Gasteiger partial charge in [-0.3, -0.25) is 4.79 Å². The summed E-state index contributed by atoms with van der Waals surface area (Å²) in [6, 6.07) is 11.1. The van der Waals surface area contributed by atoms with Crippen molar-refractivity contribution in [1.82, 2.24) is 10.3 Å². The summed E-state index contributed by atoms with van der Waals surface area (Å²) in [4.78, 5) is 27.1. The molecule has 1 amide bonds. The van der Waals surface area contributed by atoms with Gasteiger partial charge in [-0.25, -0.2) is 4.79 Å². The minimum absolute atomic E-state index is 0.0953. The van der Waals surface area contributed by atoms with Gasteiger partial charge in [-0.05, 0) is 23.8 Å². The molecule has 0 fully saturated rings. The second kappa shape index (κ2) is 7.17. The zero-order valence-electron chi connectivity index (χ0n) is 12.9. The number of hydrogen-bond donors (Lipinski definition) is 3. The van der Waals surface area contributed by atoms with E-state index < -0.39 is 17.9 Å². The van der Waals surface area contributed by atoms with E-state index in [1.54, 1.807) is 18.3 Å². The second-order valence-electron chi connectivity index (χ2n) is 5.53. The largest absolute Gasteiger partial charge is 0.480 e. The third-order valence-corrected chi connectivity index (χ3v) is 4.72. The lowest BCUT2D eigenvalue weighted by atomic mass is 10.0. The number of halogens is 2. The van der Waals surface area contributed by atoms with Crippen LogP contribution < -0.4 is 5.32 Å². The highest BCUT2D eigenvalue weighted by Crippen LogP contribution is 2.25. The van der Waals surface area contributed by atoms with Crippen LogP contribution in [0.5, 0.6) is 0 Å². The molecule has 1 aromatic heterocycles. The number of nitrogens with one attached hydrogen (secondary N) is 2. The molecule has 1 heterocycles. The molecule has 25 heavy (non-hydrogen) atoms. The van der Waals surface area contributed by atoms with Crippen LogP contribution in [-0.4, -0.2) is 28.0 Å². The van der Waals surface area contributed by atoms with E-state index in [4.69, 9.17) is 23.2 Å². The van der Waals surface area contributed by atoms with Crippen molar-refractivity contribution >= 4 is 46.0 Å². The van der Waals surface area contributed by atoms with E-state index >= 15 is 0 Å². The molecule has 3 rings (SSSR count). The first kappa shape index (κ1) is 17.3. The minimum Gasteiger partial charge on any atom is -0.480 e. The average molecular weight is 377 g/mol. The highest BCUT2D eigenvalue weighted by Gasteiger charge is 2.23. The van der Waals surface area contributed by atoms with Gasteiger partial charge in [0.25, 0.3) is 5.91 Å². The quantitative estimate of drug-likeness (QED) is 0.631. The fourth-order valence-electron chi connectivity index (χ4n) is 2.64. The zero-order valence-corrected chi connectivity index (χ0v) is 14.4. The van der Waals surface area contributed by atoms with Crippen LogP contribution in [-0.2, 0) is 11.2 Å². The van der Waals surface area contributed by atoms with Crippen LogP contribution in [0, 0.1) is 0 Å². The molecule has 3 aromatic rings. The van der Waals surface area contributed by atoms with Crippen LogP contribution in [0.2, 0.25) is 10.0 Å². The Morgan fingerprint density at radius 2 is 1.88 bits per heavy atom. The lowest BCUT2D eigenvalue weighted by molar-refractivity contribution is -0.139. The summed E-state index contributed by atoms with van der Waals surface area (Å²) in [6.45, 7) is 0. The van der Waals surface area contributed by atoms with Crippen LogP contribution in [0.25, 0.3) is 10.9 Å².